The second-order valence-electron chi connectivity index (χ2n) is 4.83. The lowest BCUT2D eigenvalue weighted by molar-refractivity contribution is -0.114. The summed E-state index contributed by atoms with van der Waals surface area (Å²) in [7, 11) is -3.67. The molecule has 0 spiro atoms. The van der Waals surface area contributed by atoms with Crippen LogP contribution in [0.2, 0.25) is 5.02 Å². The molecule has 0 fully saturated rings. The summed E-state index contributed by atoms with van der Waals surface area (Å²) in [5.74, 6) is -0.511. The first-order chi connectivity index (χ1) is 11.2. The number of hydrogen-bond acceptors (Lipinski definition) is 7. The minimum Gasteiger partial charge on any atom is -0.299 e. The summed E-state index contributed by atoms with van der Waals surface area (Å²) in [4.78, 5) is 12.2. The van der Waals surface area contributed by atoms with Crippen LogP contribution >= 0.6 is 34.7 Å². The topological polar surface area (TPSA) is 92.3 Å². The van der Waals surface area contributed by atoms with E-state index in [0.29, 0.717) is 25.7 Å². The molecule has 0 aliphatic rings. The Morgan fingerprint density at radius 2 is 2.12 bits per heavy atom. The van der Waals surface area contributed by atoms with E-state index in [1.807, 2.05) is 6.26 Å². The normalized spacial score (nSPS) is 11.3. The highest BCUT2D eigenvalue weighted by Crippen LogP contribution is 2.27. The van der Waals surface area contributed by atoms with Crippen molar-refractivity contribution in [2.75, 3.05) is 28.7 Å². The van der Waals surface area contributed by atoms with Crippen molar-refractivity contribution in [2.24, 2.45) is 0 Å². The fourth-order valence-corrected chi connectivity index (χ4v) is 4.12. The standard InChI is InChI=1S/C13H15ClN4O3S3/c1-8-4-5-9(14)6-10(8)18(24(3,20)21)7-11(19)15-12-16-17-13(22-2)23-12/h4-6H,7H2,1-3H3,(H,15,16,19). The number of anilines is 2. The molecule has 1 aromatic heterocycles. The molecule has 0 saturated heterocycles. The Morgan fingerprint density at radius 1 is 1.42 bits per heavy atom. The van der Waals surface area contributed by atoms with Gasteiger partial charge in [-0.05, 0) is 30.9 Å². The molecule has 24 heavy (non-hydrogen) atoms. The van der Waals surface area contributed by atoms with E-state index in [1.165, 1.54) is 29.2 Å². The quantitative estimate of drug-likeness (QED) is 0.585. The van der Waals surface area contributed by atoms with Crippen molar-refractivity contribution < 1.29 is 13.2 Å². The number of amides is 1. The largest absolute Gasteiger partial charge is 0.299 e. The van der Waals surface area contributed by atoms with Crippen LogP contribution in [0.5, 0.6) is 0 Å². The van der Waals surface area contributed by atoms with Crippen molar-refractivity contribution in [2.45, 2.75) is 11.3 Å². The van der Waals surface area contributed by atoms with E-state index in [1.54, 1.807) is 19.1 Å². The zero-order valence-electron chi connectivity index (χ0n) is 13.1. The molecule has 0 saturated carbocycles. The Labute approximate surface area is 153 Å². The first-order valence-electron chi connectivity index (χ1n) is 6.62. The van der Waals surface area contributed by atoms with E-state index in [9.17, 15) is 13.2 Å². The lowest BCUT2D eigenvalue weighted by Gasteiger charge is -2.23. The van der Waals surface area contributed by atoms with E-state index >= 15 is 0 Å². The molecule has 0 aliphatic carbocycles. The Hall–Kier alpha value is -1.36. The predicted molar refractivity (Wildman–Crippen MR) is 98.7 cm³/mol. The summed E-state index contributed by atoms with van der Waals surface area (Å²) < 4.78 is 25.9. The number of carbonyl (C=O) groups is 1. The lowest BCUT2D eigenvalue weighted by Crippen LogP contribution is -2.37. The van der Waals surface area contributed by atoms with Gasteiger partial charge >= 0.3 is 0 Å². The number of carbonyl (C=O) groups excluding carboxylic acids is 1. The van der Waals surface area contributed by atoms with Crippen molar-refractivity contribution >= 4 is 61.4 Å². The highest BCUT2D eigenvalue weighted by Gasteiger charge is 2.23. The van der Waals surface area contributed by atoms with Crippen LogP contribution in [0.4, 0.5) is 10.8 Å². The molecular formula is C13H15ClN4O3S3. The third-order valence-electron chi connectivity index (χ3n) is 2.95. The van der Waals surface area contributed by atoms with Crippen molar-refractivity contribution in [3.05, 3.63) is 28.8 Å². The van der Waals surface area contributed by atoms with Gasteiger partial charge in [0.25, 0.3) is 0 Å². The number of aryl methyl sites for hydroxylation is 1. The molecule has 1 N–H and O–H groups in total. The molecule has 130 valence electrons. The van der Waals surface area contributed by atoms with Gasteiger partial charge in [0, 0.05) is 5.02 Å². The highest BCUT2D eigenvalue weighted by atomic mass is 35.5. The summed E-state index contributed by atoms with van der Waals surface area (Å²) in [6.07, 6.45) is 2.89. The first-order valence-corrected chi connectivity index (χ1v) is 10.9. The van der Waals surface area contributed by atoms with Gasteiger partial charge in [-0.15, -0.1) is 10.2 Å². The maximum absolute atomic E-state index is 12.2. The molecule has 0 unspecified atom stereocenters. The number of rotatable bonds is 6. The number of thioether (sulfide) groups is 1. The van der Waals surface area contributed by atoms with Gasteiger partial charge in [0.1, 0.15) is 6.54 Å². The molecule has 0 radical (unpaired) electrons. The summed E-state index contributed by atoms with van der Waals surface area (Å²) in [6.45, 7) is 1.37. The number of hydrogen-bond donors (Lipinski definition) is 1. The van der Waals surface area contributed by atoms with Gasteiger partial charge in [-0.3, -0.25) is 14.4 Å². The minimum atomic E-state index is -3.67. The van der Waals surface area contributed by atoms with Crippen LogP contribution in [-0.2, 0) is 14.8 Å². The van der Waals surface area contributed by atoms with Gasteiger partial charge in [-0.25, -0.2) is 8.42 Å². The summed E-state index contributed by atoms with van der Waals surface area (Å²) >= 11 is 8.58. The fraction of sp³-hybridized carbons (Fsp3) is 0.308. The third-order valence-corrected chi connectivity index (χ3v) is 6.13. The number of benzene rings is 1. The predicted octanol–water partition coefficient (Wildman–Crippen LogP) is 2.63. The zero-order chi connectivity index (χ0) is 17.9. The van der Waals surface area contributed by atoms with Gasteiger partial charge in [0.15, 0.2) is 4.34 Å². The molecule has 7 nitrogen and oxygen atoms in total. The lowest BCUT2D eigenvalue weighted by atomic mass is 10.2. The second kappa shape index (κ2) is 7.68. The second-order valence-corrected chi connectivity index (χ2v) is 9.20. The van der Waals surface area contributed by atoms with E-state index in [-0.39, 0.29) is 6.54 Å². The van der Waals surface area contributed by atoms with Crippen molar-refractivity contribution in [3.63, 3.8) is 0 Å². The number of nitrogens with one attached hydrogen (secondary N) is 1. The summed E-state index contributed by atoms with van der Waals surface area (Å²) in [5, 5.41) is 11.0. The molecular weight excluding hydrogens is 392 g/mol. The zero-order valence-corrected chi connectivity index (χ0v) is 16.3. The fourth-order valence-electron chi connectivity index (χ4n) is 1.86. The SMILES string of the molecule is CSc1nnc(NC(=O)CN(c2cc(Cl)ccc2C)S(C)(=O)=O)s1. The van der Waals surface area contributed by atoms with Gasteiger partial charge in [-0.2, -0.15) is 0 Å². The van der Waals surface area contributed by atoms with Gasteiger partial charge in [-0.1, -0.05) is 40.8 Å². The maximum atomic E-state index is 12.2. The molecule has 2 aromatic rings. The molecule has 1 amide bonds. The van der Waals surface area contributed by atoms with Crippen molar-refractivity contribution in [1.29, 1.82) is 0 Å². The number of halogens is 1. The summed E-state index contributed by atoms with van der Waals surface area (Å²) in [6, 6.07) is 4.87. The average Bonchev–Trinajstić information content (AvgIpc) is 2.94. The maximum Gasteiger partial charge on any atom is 0.246 e. The number of nitrogens with zero attached hydrogens (tertiary/aromatic N) is 3. The summed E-state index contributed by atoms with van der Waals surface area (Å²) in [5.41, 5.74) is 1.06. The van der Waals surface area contributed by atoms with Crippen molar-refractivity contribution in [3.8, 4) is 0 Å². The van der Waals surface area contributed by atoms with Crippen molar-refractivity contribution in [1.82, 2.24) is 10.2 Å². The monoisotopic (exact) mass is 406 g/mol. The van der Waals surface area contributed by atoms with Gasteiger partial charge in [0.2, 0.25) is 21.1 Å². The molecule has 0 bridgehead atoms. The Morgan fingerprint density at radius 3 is 2.71 bits per heavy atom. The molecule has 2 rings (SSSR count). The Balaban J connectivity index is 2.23. The van der Waals surface area contributed by atoms with Gasteiger partial charge in [0.05, 0.1) is 11.9 Å². The Kier molecular flexibility index (Phi) is 6.07. The molecule has 0 atom stereocenters. The van der Waals surface area contributed by atoms with Crippen LogP contribution in [0, 0.1) is 6.92 Å². The molecule has 11 heteroatoms. The minimum absolute atomic E-state index is 0.320. The molecule has 0 aliphatic heterocycles. The molecule has 1 heterocycles. The van der Waals surface area contributed by atoms with E-state index in [0.717, 1.165) is 10.6 Å². The van der Waals surface area contributed by atoms with E-state index < -0.39 is 15.9 Å². The number of sulfonamides is 1. The van der Waals surface area contributed by atoms with Crippen LogP contribution < -0.4 is 9.62 Å². The Bertz CT molecular complexity index is 854. The smallest absolute Gasteiger partial charge is 0.246 e. The van der Waals surface area contributed by atoms with Crippen LogP contribution in [-0.4, -0.2) is 43.6 Å². The van der Waals surface area contributed by atoms with Crippen LogP contribution in [0.15, 0.2) is 22.5 Å². The third kappa shape index (κ3) is 4.82. The van der Waals surface area contributed by atoms with Crippen LogP contribution in [0.3, 0.4) is 0 Å². The first kappa shape index (κ1) is 19.0. The average molecular weight is 407 g/mol. The van der Waals surface area contributed by atoms with Crippen LogP contribution in [0.25, 0.3) is 0 Å². The van der Waals surface area contributed by atoms with Crippen LogP contribution in [0.1, 0.15) is 5.56 Å². The number of aromatic nitrogens is 2. The van der Waals surface area contributed by atoms with Gasteiger partial charge < -0.3 is 0 Å². The molecule has 1 aromatic carbocycles. The van der Waals surface area contributed by atoms with E-state index in [2.05, 4.69) is 15.5 Å². The van der Waals surface area contributed by atoms with E-state index in [4.69, 9.17) is 11.6 Å². The highest BCUT2D eigenvalue weighted by molar-refractivity contribution is 8.00.